The average Bonchev–Trinajstić information content (AvgIpc) is 3.17. The number of pyridine rings is 3. The molecule has 0 unspecified atom stereocenters. The quantitative estimate of drug-likeness (QED) is 0.137. The Labute approximate surface area is 358 Å². The van der Waals surface area contributed by atoms with E-state index in [0.717, 1.165) is 32.3 Å². The van der Waals surface area contributed by atoms with E-state index in [1.807, 2.05) is 36.8 Å². The Morgan fingerprint density at radius 1 is 0.383 bits per heavy atom. The first kappa shape index (κ1) is 46.5. The summed E-state index contributed by atoms with van der Waals surface area (Å²) in [7, 11) is 0. The highest BCUT2D eigenvalue weighted by molar-refractivity contribution is 5.92. The molecule has 0 aliphatic heterocycles. The van der Waals surface area contributed by atoms with E-state index in [9.17, 15) is 0 Å². The van der Waals surface area contributed by atoms with Crippen LogP contribution in [0.25, 0.3) is 43.1 Å². The molecule has 0 saturated heterocycles. The molecule has 0 aliphatic carbocycles. The maximum atomic E-state index is 5.80. The number of hydrogen-bond donors (Lipinski definition) is 3. The Kier molecular flexibility index (Phi) is 14.3. The number of rotatable bonds is 0. The van der Waals surface area contributed by atoms with Crippen LogP contribution in [-0.2, 0) is 21.7 Å². The van der Waals surface area contributed by atoms with Gasteiger partial charge in [-0.05, 0) is 84.3 Å². The first-order chi connectivity index (χ1) is 27.5. The molecule has 4 heterocycles. The van der Waals surface area contributed by atoms with Crippen molar-refractivity contribution in [3.05, 3.63) is 144 Å². The topological polar surface area (TPSA) is 143 Å². The van der Waals surface area contributed by atoms with Crippen LogP contribution in [0, 0.1) is 0 Å². The molecule has 0 saturated carbocycles. The number of hydrogen-bond acceptors (Lipinski definition) is 8. The fraction of sp³-hybridized carbons (Fsp3) is 0.327. The van der Waals surface area contributed by atoms with E-state index in [1.54, 1.807) is 12.4 Å². The third kappa shape index (κ3) is 12.0. The molecule has 6 N–H and O–H groups in total. The monoisotopic (exact) mass is 803 g/mol. The van der Waals surface area contributed by atoms with Crippen LogP contribution in [0.1, 0.15) is 113 Å². The number of nitrogens with zero attached hydrogens (tertiary/aromatic N) is 5. The van der Waals surface area contributed by atoms with Gasteiger partial charge in [0.2, 0.25) is 0 Å². The predicted molar refractivity (Wildman–Crippen MR) is 260 cm³/mol. The first-order valence-electron chi connectivity index (χ1n) is 20.2. The molecule has 60 heavy (non-hydrogen) atoms. The third-order valence-electron chi connectivity index (χ3n) is 10.3. The fourth-order valence-corrected chi connectivity index (χ4v) is 6.42. The van der Waals surface area contributed by atoms with E-state index in [2.05, 4.69) is 181 Å². The molecule has 0 amide bonds. The summed E-state index contributed by atoms with van der Waals surface area (Å²) in [5, 5.41) is 16.7. The zero-order valence-corrected chi connectivity index (χ0v) is 37.0. The molecule has 0 atom stereocenters. The number of nitrogens with two attached hydrogens (primary N) is 3. The van der Waals surface area contributed by atoms with Crippen molar-refractivity contribution in [1.82, 2.24) is 25.1 Å². The number of aromatic nitrogens is 5. The SMILES string of the molecule is C.CC(C)(C)c1ccc2c(N)nccc2c1.CC(C)(C)c1ccc2c(N)nncc2c1.CC(C)(C)c1ccc2cnc(N)cc2c1.CC(C)(C)c1ccc2cnccc2c1. The minimum Gasteiger partial charge on any atom is -0.384 e. The Morgan fingerprint density at radius 3 is 1.38 bits per heavy atom. The van der Waals surface area contributed by atoms with Crippen molar-refractivity contribution in [1.29, 1.82) is 0 Å². The lowest BCUT2D eigenvalue weighted by atomic mass is 9.86. The van der Waals surface area contributed by atoms with E-state index < -0.39 is 0 Å². The Bertz CT molecular complexity index is 2570. The van der Waals surface area contributed by atoms with Crippen LogP contribution < -0.4 is 17.2 Å². The molecule has 0 aliphatic rings. The smallest absolute Gasteiger partial charge is 0.153 e. The molecule has 0 bridgehead atoms. The van der Waals surface area contributed by atoms with Gasteiger partial charge in [-0.2, -0.15) is 5.10 Å². The molecule has 4 aromatic heterocycles. The van der Waals surface area contributed by atoms with E-state index in [1.165, 1.54) is 33.0 Å². The number of anilines is 3. The molecule has 8 rings (SSSR count). The molecular weight excluding hydrogens is 737 g/mol. The van der Waals surface area contributed by atoms with Crippen LogP contribution in [0.5, 0.6) is 0 Å². The molecule has 0 fully saturated rings. The van der Waals surface area contributed by atoms with E-state index in [4.69, 9.17) is 17.2 Å². The highest BCUT2D eigenvalue weighted by atomic mass is 15.1. The minimum atomic E-state index is 0. The summed E-state index contributed by atoms with van der Waals surface area (Å²) in [5.41, 5.74) is 23.2. The van der Waals surface area contributed by atoms with Crippen LogP contribution in [0.15, 0.2) is 122 Å². The molecule has 8 aromatic rings. The zero-order chi connectivity index (χ0) is 43.3. The second-order valence-electron chi connectivity index (χ2n) is 19.3. The van der Waals surface area contributed by atoms with Gasteiger partial charge < -0.3 is 17.2 Å². The molecule has 4 aromatic carbocycles. The summed E-state index contributed by atoms with van der Waals surface area (Å²) in [6.07, 6.45) is 9.07. The zero-order valence-electron chi connectivity index (χ0n) is 37.0. The summed E-state index contributed by atoms with van der Waals surface area (Å²) < 4.78 is 0. The number of nitrogen functional groups attached to an aromatic ring is 3. The fourth-order valence-electron chi connectivity index (χ4n) is 6.42. The van der Waals surface area contributed by atoms with Crippen molar-refractivity contribution in [2.45, 2.75) is 112 Å². The largest absolute Gasteiger partial charge is 0.384 e. The summed E-state index contributed by atoms with van der Waals surface area (Å²) in [6.45, 7) is 26.5. The summed E-state index contributed by atoms with van der Waals surface area (Å²) >= 11 is 0. The third-order valence-corrected chi connectivity index (χ3v) is 10.3. The maximum absolute atomic E-state index is 5.80. The summed E-state index contributed by atoms with van der Waals surface area (Å²) in [4.78, 5) is 12.3. The van der Waals surface area contributed by atoms with Gasteiger partial charge in [0.05, 0.1) is 6.20 Å². The van der Waals surface area contributed by atoms with E-state index in [-0.39, 0.29) is 29.1 Å². The lowest BCUT2D eigenvalue weighted by Gasteiger charge is -2.19. The number of fused-ring (bicyclic) bond motifs is 4. The van der Waals surface area contributed by atoms with Crippen LogP contribution in [0.3, 0.4) is 0 Å². The van der Waals surface area contributed by atoms with Crippen molar-refractivity contribution in [3.63, 3.8) is 0 Å². The lowest BCUT2D eigenvalue weighted by molar-refractivity contribution is 0.591. The van der Waals surface area contributed by atoms with Crippen LogP contribution >= 0.6 is 0 Å². The van der Waals surface area contributed by atoms with Crippen molar-refractivity contribution in [2.75, 3.05) is 17.2 Å². The lowest BCUT2D eigenvalue weighted by Crippen LogP contribution is -2.10. The average molecular weight is 803 g/mol. The number of benzene rings is 4. The Hall–Kier alpha value is -6.15. The minimum absolute atomic E-state index is 0. The molecule has 8 nitrogen and oxygen atoms in total. The highest BCUT2D eigenvalue weighted by Crippen LogP contribution is 2.30. The van der Waals surface area contributed by atoms with Gasteiger partial charge in [0.25, 0.3) is 0 Å². The van der Waals surface area contributed by atoms with Crippen LogP contribution in [0.2, 0.25) is 0 Å². The predicted octanol–water partition coefficient (Wildman–Crippen LogP) is 12.9. The Balaban J connectivity index is 0.000000175. The van der Waals surface area contributed by atoms with Gasteiger partial charge in [-0.1, -0.05) is 157 Å². The summed E-state index contributed by atoms with van der Waals surface area (Å²) in [5.74, 6) is 1.68. The molecule has 314 valence electrons. The molecule has 0 radical (unpaired) electrons. The maximum Gasteiger partial charge on any atom is 0.153 e. The standard InChI is InChI=1S/2C13H16N2.C13H15N.C12H15N3.CH4/c1-13(2,3)11-5-4-9-8-15-12(14)7-10(9)6-11;1-13(2,3)10-4-5-11-9(8-10)6-7-15-12(11)14;1-13(2,3)12-5-4-11-9-14-7-6-10(11)8-12;1-12(2,3)9-4-5-10-8(6-9)7-14-15-11(10)13;/h2*4-8H,1-3H3,(H2,14,15);4-9H,1-3H3;4-7H,1-3H3,(H2,13,15);1H4. The van der Waals surface area contributed by atoms with Crippen molar-refractivity contribution < 1.29 is 0 Å². The van der Waals surface area contributed by atoms with Gasteiger partial charge in [0.15, 0.2) is 5.82 Å². The van der Waals surface area contributed by atoms with Gasteiger partial charge >= 0.3 is 0 Å². The molecule has 0 spiro atoms. The van der Waals surface area contributed by atoms with Gasteiger partial charge in [0, 0.05) is 51.7 Å². The first-order valence-corrected chi connectivity index (χ1v) is 20.2. The second kappa shape index (κ2) is 18.4. The Morgan fingerprint density at radius 2 is 0.833 bits per heavy atom. The van der Waals surface area contributed by atoms with Gasteiger partial charge in [0.1, 0.15) is 11.6 Å². The van der Waals surface area contributed by atoms with E-state index in [0.29, 0.717) is 17.5 Å². The molecular formula is C52H66N8. The van der Waals surface area contributed by atoms with E-state index >= 15 is 0 Å². The highest BCUT2D eigenvalue weighted by Gasteiger charge is 2.16. The van der Waals surface area contributed by atoms with Crippen LogP contribution in [-0.4, -0.2) is 25.1 Å². The van der Waals surface area contributed by atoms with Gasteiger partial charge in [-0.15, -0.1) is 5.10 Å². The van der Waals surface area contributed by atoms with Gasteiger partial charge in [-0.25, -0.2) is 9.97 Å². The van der Waals surface area contributed by atoms with Gasteiger partial charge in [-0.3, -0.25) is 4.98 Å². The van der Waals surface area contributed by atoms with Crippen molar-refractivity contribution in [2.24, 2.45) is 0 Å². The second-order valence-corrected chi connectivity index (χ2v) is 19.3. The summed E-state index contributed by atoms with van der Waals surface area (Å²) in [6, 6.07) is 31.6. The van der Waals surface area contributed by atoms with Crippen molar-refractivity contribution >= 4 is 60.5 Å². The normalized spacial score (nSPS) is 11.7. The van der Waals surface area contributed by atoms with Crippen molar-refractivity contribution in [3.8, 4) is 0 Å². The van der Waals surface area contributed by atoms with Crippen LogP contribution in [0.4, 0.5) is 17.5 Å². The molecule has 8 heteroatoms.